The van der Waals surface area contributed by atoms with Crippen molar-refractivity contribution in [1.29, 1.82) is 0 Å². The van der Waals surface area contributed by atoms with Crippen LogP contribution in [0.5, 0.6) is 0 Å². The molecule has 0 aliphatic carbocycles. The molecule has 0 bridgehead atoms. The van der Waals surface area contributed by atoms with Crippen LogP contribution in [-0.4, -0.2) is 29.2 Å². The Morgan fingerprint density at radius 2 is 2.06 bits per heavy atom. The fourth-order valence-corrected chi connectivity index (χ4v) is 1.38. The van der Waals surface area contributed by atoms with Crippen LogP contribution in [0, 0.1) is 0 Å². The van der Waals surface area contributed by atoms with Crippen LogP contribution in [0.3, 0.4) is 0 Å². The molecule has 0 radical (unpaired) electrons. The summed E-state index contributed by atoms with van der Waals surface area (Å²) < 4.78 is 5.44. The molecule has 1 rings (SSSR count). The Morgan fingerprint density at radius 1 is 1.31 bits per heavy atom. The number of nitrogens with zero attached hydrogens (tertiary/aromatic N) is 2. The van der Waals surface area contributed by atoms with Crippen LogP contribution in [0.2, 0.25) is 0 Å². The highest BCUT2D eigenvalue weighted by molar-refractivity contribution is 5.35. The Labute approximate surface area is 97.5 Å². The minimum atomic E-state index is 0.197. The highest BCUT2D eigenvalue weighted by Gasteiger charge is 2.04. The van der Waals surface area contributed by atoms with Gasteiger partial charge in [0, 0.05) is 24.9 Å². The van der Waals surface area contributed by atoms with Crippen LogP contribution < -0.4 is 5.32 Å². The van der Waals surface area contributed by atoms with Crippen molar-refractivity contribution in [3.63, 3.8) is 0 Å². The van der Waals surface area contributed by atoms with Gasteiger partial charge in [0.2, 0.25) is 0 Å². The minimum Gasteiger partial charge on any atom is -0.377 e. The Bertz CT molecular complexity index is 315. The molecule has 0 saturated heterocycles. The van der Waals surface area contributed by atoms with E-state index in [4.69, 9.17) is 4.74 Å². The van der Waals surface area contributed by atoms with Crippen molar-refractivity contribution >= 4 is 5.82 Å². The molecule has 1 N–H and O–H groups in total. The topological polar surface area (TPSA) is 47.0 Å². The fraction of sp³-hybridized carbons (Fsp3) is 0.667. The number of hydrogen-bond donors (Lipinski definition) is 1. The summed E-state index contributed by atoms with van der Waals surface area (Å²) in [5.41, 5.74) is 1.06. The third kappa shape index (κ3) is 4.14. The van der Waals surface area contributed by atoms with Crippen LogP contribution in [0.1, 0.15) is 39.3 Å². The molecule has 0 amide bonds. The first-order valence-corrected chi connectivity index (χ1v) is 5.80. The summed E-state index contributed by atoms with van der Waals surface area (Å²) in [5.74, 6) is 1.29. The molecule has 1 atom stereocenters. The maximum atomic E-state index is 5.44. The monoisotopic (exact) mass is 223 g/mol. The van der Waals surface area contributed by atoms with E-state index >= 15 is 0 Å². The molecule has 4 heteroatoms. The van der Waals surface area contributed by atoms with E-state index in [1.165, 1.54) is 0 Å². The zero-order chi connectivity index (χ0) is 12.0. The molecule has 0 aliphatic heterocycles. The molecule has 1 heterocycles. The molecule has 0 spiro atoms. The van der Waals surface area contributed by atoms with Gasteiger partial charge in [0.1, 0.15) is 12.1 Å². The summed E-state index contributed by atoms with van der Waals surface area (Å²) in [4.78, 5) is 8.40. The van der Waals surface area contributed by atoms with Crippen molar-refractivity contribution in [3.8, 4) is 0 Å². The lowest BCUT2D eigenvalue weighted by Crippen LogP contribution is -2.20. The lowest BCUT2D eigenvalue weighted by molar-refractivity contribution is 0.0855. The van der Waals surface area contributed by atoms with Gasteiger partial charge < -0.3 is 10.1 Å². The third-order valence-electron chi connectivity index (χ3n) is 2.30. The van der Waals surface area contributed by atoms with Crippen molar-refractivity contribution in [2.75, 3.05) is 18.5 Å². The zero-order valence-corrected chi connectivity index (χ0v) is 10.5. The molecule has 16 heavy (non-hydrogen) atoms. The smallest absolute Gasteiger partial charge is 0.129 e. The van der Waals surface area contributed by atoms with Gasteiger partial charge in [-0.05, 0) is 19.8 Å². The van der Waals surface area contributed by atoms with E-state index in [0.717, 1.165) is 24.7 Å². The van der Waals surface area contributed by atoms with E-state index in [1.54, 1.807) is 6.33 Å². The fourth-order valence-electron chi connectivity index (χ4n) is 1.38. The number of ether oxygens (including phenoxy) is 1. The van der Waals surface area contributed by atoms with Crippen LogP contribution in [0.25, 0.3) is 0 Å². The molecule has 0 aromatic carbocycles. The Hall–Kier alpha value is -1.16. The molecule has 0 fully saturated rings. The van der Waals surface area contributed by atoms with Gasteiger partial charge in [-0.1, -0.05) is 13.8 Å². The molecule has 4 nitrogen and oxygen atoms in total. The Balaban J connectivity index is 2.50. The first-order valence-electron chi connectivity index (χ1n) is 5.80. The summed E-state index contributed by atoms with van der Waals surface area (Å²) in [5, 5.41) is 3.25. The largest absolute Gasteiger partial charge is 0.377 e. The van der Waals surface area contributed by atoms with Gasteiger partial charge in [0.05, 0.1) is 6.10 Å². The van der Waals surface area contributed by atoms with E-state index in [0.29, 0.717) is 5.92 Å². The quantitative estimate of drug-likeness (QED) is 0.804. The number of anilines is 1. The number of nitrogens with one attached hydrogen (secondary N) is 1. The van der Waals surface area contributed by atoms with E-state index in [2.05, 4.69) is 29.1 Å². The maximum Gasteiger partial charge on any atom is 0.129 e. The van der Waals surface area contributed by atoms with E-state index in [-0.39, 0.29) is 6.10 Å². The maximum absolute atomic E-state index is 5.44. The van der Waals surface area contributed by atoms with Crippen LogP contribution in [-0.2, 0) is 4.74 Å². The van der Waals surface area contributed by atoms with Gasteiger partial charge in [0.15, 0.2) is 0 Å². The predicted molar refractivity (Wildman–Crippen MR) is 65.7 cm³/mol. The molecular weight excluding hydrogens is 202 g/mol. The second-order valence-corrected chi connectivity index (χ2v) is 4.13. The average Bonchev–Trinajstić information content (AvgIpc) is 2.27. The van der Waals surface area contributed by atoms with Gasteiger partial charge >= 0.3 is 0 Å². The summed E-state index contributed by atoms with van der Waals surface area (Å²) in [6.45, 7) is 9.79. The molecule has 1 unspecified atom stereocenters. The van der Waals surface area contributed by atoms with Crippen molar-refractivity contribution in [1.82, 2.24) is 9.97 Å². The second kappa shape index (κ2) is 6.43. The Kier molecular flexibility index (Phi) is 5.19. The standard InChI is InChI=1S/C12H21N3O/c1-5-16-10(4)7-13-12-6-11(9(2)3)14-8-15-12/h6,8-10H,5,7H2,1-4H3,(H,13,14,15). The van der Waals surface area contributed by atoms with Crippen molar-refractivity contribution < 1.29 is 4.74 Å². The van der Waals surface area contributed by atoms with Gasteiger partial charge in [-0.25, -0.2) is 9.97 Å². The van der Waals surface area contributed by atoms with Crippen LogP contribution in [0.15, 0.2) is 12.4 Å². The normalized spacial score (nSPS) is 12.8. The van der Waals surface area contributed by atoms with Gasteiger partial charge in [0.25, 0.3) is 0 Å². The number of rotatable bonds is 6. The lowest BCUT2D eigenvalue weighted by atomic mass is 10.1. The van der Waals surface area contributed by atoms with Gasteiger partial charge in [-0.15, -0.1) is 0 Å². The summed E-state index contributed by atoms with van der Waals surface area (Å²) >= 11 is 0. The molecule has 1 aromatic heterocycles. The van der Waals surface area contributed by atoms with Gasteiger partial charge in [-0.2, -0.15) is 0 Å². The number of aromatic nitrogens is 2. The Morgan fingerprint density at radius 3 is 2.69 bits per heavy atom. The average molecular weight is 223 g/mol. The highest BCUT2D eigenvalue weighted by Crippen LogP contribution is 2.13. The van der Waals surface area contributed by atoms with Crippen molar-refractivity contribution in [3.05, 3.63) is 18.1 Å². The van der Waals surface area contributed by atoms with E-state index in [1.807, 2.05) is 19.9 Å². The second-order valence-electron chi connectivity index (χ2n) is 4.13. The van der Waals surface area contributed by atoms with E-state index in [9.17, 15) is 0 Å². The van der Waals surface area contributed by atoms with Gasteiger partial charge in [-0.3, -0.25) is 0 Å². The lowest BCUT2D eigenvalue weighted by Gasteiger charge is -2.13. The van der Waals surface area contributed by atoms with Crippen LogP contribution in [0.4, 0.5) is 5.82 Å². The summed E-state index contributed by atoms with van der Waals surface area (Å²) in [7, 11) is 0. The highest BCUT2D eigenvalue weighted by atomic mass is 16.5. The minimum absolute atomic E-state index is 0.197. The molecule has 1 aromatic rings. The predicted octanol–water partition coefficient (Wildman–Crippen LogP) is 2.44. The third-order valence-corrected chi connectivity index (χ3v) is 2.30. The first-order chi connectivity index (χ1) is 7.63. The van der Waals surface area contributed by atoms with E-state index < -0.39 is 0 Å². The number of hydrogen-bond acceptors (Lipinski definition) is 4. The summed E-state index contributed by atoms with van der Waals surface area (Å²) in [6, 6.07) is 1.99. The zero-order valence-electron chi connectivity index (χ0n) is 10.5. The molecule has 0 saturated carbocycles. The van der Waals surface area contributed by atoms with Crippen molar-refractivity contribution in [2.24, 2.45) is 0 Å². The van der Waals surface area contributed by atoms with Crippen molar-refractivity contribution in [2.45, 2.75) is 39.7 Å². The molecular formula is C12H21N3O. The molecule has 0 aliphatic rings. The molecule has 90 valence electrons. The SMILES string of the molecule is CCOC(C)CNc1cc(C(C)C)ncn1. The summed E-state index contributed by atoms with van der Waals surface area (Å²) in [6.07, 6.45) is 1.80. The van der Waals surface area contributed by atoms with Crippen LogP contribution >= 0.6 is 0 Å². The first kappa shape index (κ1) is 12.9.